The molecular weight excluding hydrogens is 443 g/mol. The van der Waals surface area contributed by atoms with Gasteiger partial charge in [-0.3, -0.25) is 9.20 Å². The standard InChI is InChI=1S/C25H21FN2O4S/c26-18-10-8-16(9-11-18)14-31-20-5-3-4-17(12-20)24(30)32-15-19-13-23(29)28-21-6-1-2-7-22(21)33-25(28)27-19/h3-5,8-13H,1-2,6-7,14-15H2. The summed E-state index contributed by atoms with van der Waals surface area (Å²) in [6, 6.07) is 14.1. The van der Waals surface area contributed by atoms with E-state index in [0.717, 1.165) is 36.9 Å². The molecule has 0 bridgehead atoms. The summed E-state index contributed by atoms with van der Waals surface area (Å²) < 4.78 is 25.8. The van der Waals surface area contributed by atoms with E-state index < -0.39 is 5.97 Å². The average Bonchev–Trinajstić information content (AvgIpc) is 3.21. The van der Waals surface area contributed by atoms with Crippen molar-refractivity contribution >= 4 is 22.3 Å². The smallest absolute Gasteiger partial charge is 0.338 e. The number of rotatable bonds is 6. The molecule has 168 valence electrons. The van der Waals surface area contributed by atoms with Gasteiger partial charge >= 0.3 is 5.97 Å². The van der Waals surface area contributed by atoms with E-state index in [9.17, 15) is 14.0 Å². The maximum Gasteiger partial charge on any atom is 0.338 e. The van der Waals surface area contributed by atoms with Crippen LogP contribution in [0.25, 0.3) is 4.96 Å². The number of carbonyl (C=O) groups is 1. The van der Waals surface area contributed by atoms with Crippen LogP contribution >= 0.6 is 11.3 Å². The lowest BCUT2D eigenvalue weighted by Gasteiger charge is -2.10. The van der Waals surface area contributed by atoms with Crippen molar-refractivity contribution in [1.82, 2.24) is 9.38 Å². The molecule has 4 aromatic rings. The Morgan fingerprint density at radius 1 is 1.06 bits per heavy atom. The molecule has 6 nitrogen and oxygen atoms in total. The molecule has 2 aromatic heterocycles. The minimum Gasteiger partial charge on any atom is -0.489 e. The Labute approximate surface area is 193 Å². The summed E-state index contributed by atoms with van der Waals surface area (Å²) in [5.74, 6) is -0.344. The molecule has 0 aliphatic heterocycles. The Kier molecular flexibility index (Phi) is 5.92. The maximum atomic E-state index is 13.0. The third-order valence-electron chi connectivity index (χ3n) is 5.55. The highest BCUT2D eigenvalue weighted by atomic mass is 32.1. The number of aryl methyl sites for hydroxylation is 2. The SMILES string of the molecule is O=C(OCc1cc(=O)n2c3c(sc2n1)CCCC3)c1cccc(OCc2ccc(F)cc2)c1. The van der Waals surface area contributed by atoms with E-state index in [1.165, 1.54) is 34.4 Å². The highest BCUT2D eigenvalue weighted by molar-refractivity contribution is 7.17. The van der Waals surface area contributed by atoms with Gasteiger partial charge in [0.05, 0.1) is 11.3 Å². The molecule has 1 aliphatic rings. The minimum atomic E-state index is -0.533. The lowest BCUT2D eigenvalue weighted by atomic mass is 10.0. The zero-order valence-electron chi connectivity index (χ0n) is 17.8. The van der Waals surface area contributed by atoms with Crippen LogP contribution in [0.2, 0.25) is 0 Å². The van der Waals surface area contributed by atoms with Crippen molar-refractivity contribution in [3.8, 4) is 5.75 Å². The molecule has 0 radical (unpaired) electrons. The van der Waals surface area contributed by atoms with E-state index >= 15 is 0 Å². The zero-order chi connectivity index (χ0) is 22.8. The summed E-state index contributed by atoms with van der Waals surface area (Å²) in [5, 5.41) is 0. The number of thiazole rings is 1. The maximum absolute atomic E-state index is 13.0. The molecule has 0 fully saturated rings. The number of halogens is 1. The largest absolute Gasteiger partial charge is 0.489 e. The number of carbonyl (C=O) groups excluding carboxylic acids is 1. The van der Waals surface area contributed by atoms with Crippen molar-refractivity contribution in [2.24, 2.45) is 0 Å². The van der Waals surface area contributed by atoms with Gasteiger partial charge in [0.15, 0.2) is 4.96 Å². The number of ether oxygens (including phenoxy) is 2. The topological polar surface area (TPSA) is 69.9 Å². The van der Waals surface area contributed by atoms with Gasteiger partial charge in [-0.2, -0.15) is 0 Å². The predicted molar refractivity (Wildman–Crippen MR) is 122 cm³/mol. The third-order valence-corrected chi connectivity index (χ3v) is 6.70. The zero-order valence-corrected chi connectivity index (χ0v) is 18.6. The Hall–Kier alpha value is -3.52. The number of nitrogens with zero attached hydrogens (tertiary/aromatic N) is 2. The van der Waals surface area contributed by atoms with Crippen LogP contribution in [0, 0.1) is 5.82 Å². The molecule has 2 heterocycles. The predicted octanol–water partition coefficient (Wildman–Crippen LogP) is 4.71. The number of benzene rings is 2. The van der Waals surface area contributed by atoms with Crippen LogP contribution in [0.3, 0.4) is 0 Å². The molecule has 0 unspecified atom stereocenters. The van der Waals surface area contributed by atoms with Crippen molar-refractivity contribution in [1.29, 1.82) is 0 Å². The molecule has 0 spiro atoms. The molecule has 2 aromatic carbocycles. The van der Waals surface area contributed by atoms with Gasteiger partial charge in [-0.1, -0.05) is 18.2 Å². The lowest BCUT2D eigenvalue weighted by molar-refractivity contribution is 0.0467. The number of hydrogen-bond acceptors (Lipinski definition) is 6. The fourth-order valence-electron chi connectivity index (χ4n) is 3.90. The van der Waals surface area contributed by atoms with Crippen LogP contribution < -0.4 is 10.3 Å². The van der Waals surface area contributed by atoms with Crippen molar-refractivity contribution in [3.63, 3.8) is 0 Å². The third kappa shape index (κ3) is 4.66. The highest BCUT2D eigenvalue weighted by Crippen LogP contribution is 2.28. The van der Waals surface area contributed by atoms with Gasteiger partial charge in [0.1, 0.15) is 24.8 Å². The number of fused-ring (bicyclic) bond motifs is 3. The summed E-state index contributed by atoms with van der Waals surface area (Å²) >= 11 is 1.54. The molecule has 1 aliphatic carbocycles. The molecule has 0 saturated carbocycles. The fourth-order valence-corrected chi connectivity index (χ4v) is 5.13. The second-order valence-electron chi connectivity index (χ2n) is 7.90. The second-order valence-corrected chi connectivity index (χ2v) is 8.96. The van der Waals surface area contributed by atoms with E-state index in [-0.39, 0.29) is 24.6 Å². The second kappa shape index (κ2) is 9.15. The normalized spacial score (nSPS) is 13.0. The van der Waals surface area contributed by atoms with E-state index in [0.29, 0.717) is 22.0 Å². The Morgan fingerprint density at radius 2 is 1.88 bits per heavy atom. The molecule has 0 atom stereocenters. The summed E-state index contributed by atoms with van der Waals surface area (Å²) in [7, 11) is 0. The van der Waals surface area contributed by atoms with E-state index in [2.05, 4.69) is 4.98 Å². The summed E-state index contributed by atoms with van der Waals surface area (Å²) in [4.78, 5) is 31.6. The monoisotopic (exact) mass is 464 g/mol. The van der Waals surface area contributed by atoms with Crippen molar-refractivity contribution in [2.45, 2.75) is 38.9 Å². The number of aromatic nitrogens is 2. The van der Waals surface area contributed by atoms with E-state index in [4.69, 9.17) is 9.47 Å². The molecular formula is C25H21FN2O4S. The quantitative estimate of drug-likeness (QED) is 0.387. The molecule has 8 heteroatoms. The highest BCUT2D eigenvalue weighted by Gasteiger charge is 2.19. The number of hydrogen-bond donors (Lipinski definition) is 0. The lowest BCUT2D eigenvalue weighted by Crippen LogP contribution is -2.18. The first-order chi connectivity index (χ1) is 16.1. The number of esters is 1. The van der Waals surface area contributed by atoms with Gasteiger partial charge in [0, 0.05) is 16.6 Å². The summed E-state index contributed by atoms with van der Waals surface area (Å²) in [6.07, 6.45) is 4.08. The minimum absolute atomic E-state index is 0.0895. The van der Waals surface area contributed by atoms with Crippen molar-refractivity contribution < 1.29 is 18.7 Å². The fraction of sp³-hybridized carbons (Fsp3) is 0.240. The summed E-state index contributed by atoms with van der Waals surface area (Å²) in [5.41, 5.74) is 2.50. The van der Waals surface area contributed by atoms with Crippen LogP contribution in [0.4, 0.5) is 4.39 Å². The Bertz CT molecular complexity index is 1380. The van der Waals surface area contributed by atoms with Gasteiger partial charge in [0.25, 0.3) is 5.56 Å². The molecule has 0 N–H and O–H groups in total. The Morgan fingerprint density at radius 3 is 2.73 bits per heavy atom. The van der Waals surface area contributed by atoms with Gasteiger partial charge < -0.3 is 9.47 Å². The van der Waals surface area contributed by atoms with Crippen molar-refractivity contribution in [3.05, 3.63) is 98.2 Å². The van der Waals surface area contributed by atoms with Gasteiger partial charge in [-0.25, -0.2) is 14.2 Å². The molecule has 0 amide bonds. The van der Waals surface area contributed by atoms with Crippen LogP contribution in [0.1, 0.15) is 45.0 Å². The van der Waals surface area contributed by atoms with Gasteiger partial charge in [-0.15, -0.1) is 11.3 Å². The average molecular weight is 465 g/mol. The van der Waals surface area contributed by atoms with Gasteiger partial charge in [0.2, 0.25) is 0 Å². The molecule has 0 saturated heterocycles. The van der Waals surface area contributed by atoms with Crippen LogP contribution in [0.5, 0.6) is 5.75 Å². The van der Waals surface area contributed by atoms with Crippen LogP contribution in [-0.4, -0.2) is 15.4 Å². The van der Waals surface area contributed by atoms with E-state index in [1.54, 1.807) is 40.8 Å². The molecule has 5 rings (SSSR count). The summed E-state index contributed by atoms with van der Waals surface area (Å²) in [6.45, 7) is 0.158. The Balaban J connectivity index is 1.25. The molecule has 33 heavy (non-hydrogen) atoms. The first-order valence-electron chi connectivity index (χ1n) is 10.7. The van der Waals surface area contributed by atoms with Gasteiger partial charge in [-0.05, 0) is 61.6 Å². The van der Waals surface area contributed by atoms with E-state index in [1.807, 2.05) is 0 Å². The van der Waals surface area contributed by atoms with Crippen LogP contribution in [0.15, 0.2) is 59.4 Å². The van der Waals surface area contributed by atoms with Crippen molar-refractivity contribution in [2.75, 3.05) is 0 Å². The first-order valence-corrected chi connectivity index (χ1v) is 11.6. The first kappa shape index (κ1) is 21.3. The van der Waals surface area contributed by atoms with Crippen LogP contribution in [-0.2, 0) is 30.8 Å².